The van der Waals surface area contributed by atoms with Crippen molar-refractivity contribution in [1.29, 1.82) is 0 Å². The molecule has 186 valence electrons. The van der Waals surface area contributed by atoms with Crippen molar-refractivity contribution in [2.24, 2.45) is 0 Å². The summed E-state index contributed by atoms with van der Waals surface area (Å²) in [6, 6.07) is 21.0. The molecule has 0 fully saturated rings. The predicted molar refractivity (Wildman–Crippen MR) is 142 cm³/mol. The van der Waals surface area contributed by atoms with E-state index < -0.39 is 6.16 Å². The number of carbonyl (C=O) groups excluding carboxylic acids is 1. The van der Waals surface area contributed by atoms with E-state index in [4.69, 9.17) is 14.8 Å². The summed E-state index contributed by atoms with van der Waals surface area (Å²) in [5.74, 6) is 1.34. The van der Waals surface area contributed by atoms with Gasteiger partial charge in [0.1, 0.15) is 11.6 Å². The fraction of sp³-hybridized carbons (Fsp3) is 0.276. The molecule has 36 heavy (non-hydrogen) atoms. The highest BCUT2D eigenvalue weighted by Crippen LogP contribution is 2.30. The van der Waals surface area contributed by atoms with Gasteiger partial charge in [-0.25, -0.2) is 9.78 Å². The largest absolute Gasteiger partial charge is 0.511 e. The predicted octanol–water partition coefficient (Wildman–Crippen LogP) is 6.89. The van der Waals surface area contributed by atoms with Gasteiger partial charge in [-0.3, -0.25) is 4.79 Å². The minimum absolute atomic E-state index is 0.0120. The highest BCUT2D eigenvalue weighted by Gasteiger charge is 2.14. The van der Waals surface area contributed by atoms with Crippen molar-refractivity contribution in [3.8, 4) is 16.9 Å². The Morgan fingerprint density at radius 3 is 2.50 bits per heavy atom. The summed E-state index contributed by atoms with van der Waals surface area (Å²) >= 11 is 0. The van der Waals surface area contributed by atoms with Gasteiger partial charge in [0.25, 0.3) is 0 Å². The summed E-state index contributed by atoms with van der Waals surface area (Å²) in [6.07, 6.45) is 2.97. The van der Waals surface area contributed by atoms with E-state index in [0.717, 1.165) is 64.9 Å². The van der Waals surface area contributed by atoms with Gasteiger partial charge in [0, 0.05) is 30.6 Å². The molecule has 0 spiro atoms. The Bertz CT molecular complexity index is 1360. The Balaban J connectivity index is 1.61. The second kappa shape index (κ2) is 11.5. The van der Waals surface area contributed by atoms with Gasteiger partial charge in [0.05, 0.1) is 11.0 Å². The number of amides is 1. The number of para-hydroxylation sites is 1. The van der Waals surface area contributed by atoms with Crippen molar-refractivity contribution in [1.82, 2.24) is 9.55 Å². The normalized spacial score (nSPS) is 10.9. The van der Waals surface area contributed by atoms with Crippen LogP contribution in [0.25, 0.3) is 22.2 Å². The van der Waals surface area contributed by atoms with Gasteiger partial charge in [0.15, 0.2) is 0 Å². The first-order valence-electron chi connectivity index (χ1n) is 12.4. The first-order valence-corrected chi connectivity index (χ1v) is 12.4. The molecular weight excluding hydrogens is 454 g/mol. The van der Waals surface area contributed by atoms with Crippen LogP contribution in [-0.4, -0.2) is 26.7 Å². The number of aryl methyl sites for hydroxylation is 1. The van der Waals surface area contributed by atoms with Gasteiger partial charge in [0.2, 0.25) is 5.91 Å². The van der Waals surface area contributed by atoms with E-state index in [2.05, 4.69) is 16.8 Å². The topological polar surface area (TPSA) is 93.5 Å². The Morgan fingerprint density at radius 2 is 1.78 bits per heavy atom. The maximum atomic E-state index is 12.0. The van der Waals surface area contributed by atoms with E-state index in [1.165, 1.54) is 0 Å². The molecule has 0 aliphatic heterocycles. The molecule has 1 amide bonds. The third-order valence-electron chi connectivity index (χ3n) is 6.03. The van der Waals surface area contributed by atoms with Crippen LogP contribution in [0.1, 0.15) is 50.9 Å². The molecule has 3 aromatic carbocycles. The van der Waals surface area contributed by atoms with Gasteiger partial charge in [-0.05, 0) is 48.2 Å². The fourth-order valence-electron chi connectivity index (χ4n) is 4.27. The average molecular weight is 486 g/mol. The molecule has 0 unspecified atom stereocenters. The van der Waals surface area contributed by atoms with Crippen molar-refractivity contribution in [3.63, 3.8) is 0 Å². The number of rotatable bonds is 10. The van der Waals surface area contributed by atoms with Crippen LogP contribution in [0, 0.1) is 0 Å². The minimum Gasteiger partial charge on any atom is -0.449 e. The molecule has 0 aliphatic rings. The molecule has 7 nitrogen and oxygen atoms in total. The quantitative estimate of drug-likeness (QED) is 0.188. The molecule has 7 heteroatoms. The number of anilines is 1. The van der Waals surface area contributed by atoms with Crippen molar-refractivity contribution < 1.29 is 19.4 Å². The third-order valence-corrected chi connectivity index (χ3v) is 6.03. The van der Waals surface area contributed by atoms with E-state index in [1.807, 2.05) is 61.5 Å². The van der Waals surface area contributed by atoms with E-state index in [-0.39, 0.29) is 5.91 Å². The summed E-state index contributed by atoms with van der Waals surface area (Å²) < 4.78 is 7.18. The van der Waals surface area contributed by atoms with Gasteiger partial charge in [-0.2, -0.15) is 0 Å². The molecule has 1 heterocycles. The Morgan fingerprint density at radius 1 is 1.00 bits per heavy atom. The van der Waals surface area contributed by atoms with Crippen LogP contribution in [0.5, 0.6) is 5.75 Å². The maximum absolute atomic E-state index is 12.0. The third kappa shape index (κ3) is 5.92. The van der Waals surface area contributed by atoms with Crippen molar-refractivity contribution in [3.05, 3.63) is 78.1 Å². The number of carbonyl (C=O) groups is 2. The molecule has 1 aromatic heterocycles. The van der Waals surface area contributed by atoms with Crippen LogP contribution in [0.3, 0.4) is 0 Å². The van der Waals surface area contributed by atoms with Crippen LogP contribution in [0.15, 0.2) is 66.7 Å². The number of nitrogens with zero attached hydrogens (tertiary/aromatic N) is 2. The molecule has 4 rings (SSSR count). The summed E-state index contributed by atoms with van der Waals surface area (Å²) in [5.41, 5.74) is 5.36. The zero-order chi connectivity index (χ0) is 25.5. The standard InChI is InChI=1S/C29H31N3O4/c1-3-5-11-27-31-24-18-22(30-28(33)8-4-2)16-17-25(24)32(27)19-20-12-14-21(15-13-20)23-9-6-7-10-26(23)36-29(34)35/h6-7,9-10,12-18H,3-5,8,11,19H2,1-2H3,(H,30,33)(H,34,35). The number of imidazole rings is 1. The monoisotopic (exact) mass is 485 g/mol. The van der Waals surface area contributed by atoms with E-state index in [0.29, 0.717) is 18.7 Å². The van der Waals surface area contributed by atoms with Gasteiger partial charge >= 0.3 is 6.16 Å². The van der Waals surface area contributed by atoms with Crippen molar-refractivity contribution in [2.75, 3.05) is 5.32 Å². The second-order valence-corrected chi connectivity index (χ2v) is 8.78. The number of aromatic nitrogens is 2. The van der Waals surface area contributed by atoms with E-state index >= 15 is 0 Å². The molecule has 0 radical (unpaired) electrons. The number of hydrogen-bond acceptors (Lipinski definition) is 4. The van der Waals surface area contributed by atoms with E-state index in [1.54, 1.807) is 12.1 Å². The van der Waals surface area contributed by atoms with Crippen LogP contribution in [0.2, 0.25) is 0 Å². The molecule has 4 aromatic rings. The highest BCUT2D eigenvalue weighted by atomic mass is 16.7. The number of benzene rings is 3. The van der Waals surface area contributed by atoms with Crippen LogP contribution < -0.4 is 10.1 Å². The first kappa shape index (κ1) is 25.0. The molecule has 0 bridgehead atoms. The zero-order valence-corrected chi connectivity index (χ0v) is 20.7. The number of carboxylic acid groups (broad SMARTS) is 1. The van der Waals surface area contributed by atoms with Gasteiger partial charge in [-0.1, -0.05) is 62.7 Å². The molecule has 2 N–H and O–H groups in total. The Kier molecular flexibility index (Phi) is 8.00. The van der Waals surface area contributed by atoms with Crippen molar-refractivity contribution >= 4 is 28.8 Å². The van der Waals surface area contributed by atoms with Gasteiger partial charge in [-0.15, -0.1) is 0 Å². The first-order chi connectivity index (χ1) is 17.5. The number of unbranched alkanes of at least 4 members (excludes halogenated alkanes) is 1. The number of hydrogen-bond donors (Lipinski definition) is 2. The lowest BCUT2D eigenvalue weighted by molar-refractivity contribution is -0.116. The molecule has 0 atom stereocenters. The minimum atomic E-state index is -1.33. The summed E-state index contributed by atoms with van der Waals surface area (Å²) in [5, 5.41) is 12.0. The zero-order valence-electron chi connectivity index (χ0n) is 20.7. The molecule has 0 aliphatic carbocycles. The average Bonchev–Trinajstić information content (AvgIpc) is 3.19. The smallest absolute Gasteiger partial charge is 0.449 e. The fourth-order valence-corrected chi connectivity index (χ4v) is 4.27. The lowest BCUT2D eigenvalue weighted by Crippen LogP contribution is -2.10. The Labute approximate surface area is 210 Å². The highest BCUT2D eigenvalue weighted by molar-refractivity contribution is 5.93. The Hall–Kier alpha value is -4.13. The van der Waals surface area contributed by atoms with Crippen LogP contribution in [-0.2, 0) is 17.8 Å². The number of fused-ring (bicyclic) bond motifs is 1. The van der Waals surface area contributed by atoms with Crippen LogP contribution >= 0.6 is 0 Å². The van der Waals surface area contributed by atoms with Gasteiger partial charge < -0.3 is 19.7 Å². The lowest BCUT2D eigenvalue weighted by Gasteiger charge is -2.12. The summed E-state index contributed by atoms with van der Waals surface area (Å²) in [4.78, 5) is 28.0. The number of ether oxygens (including phenoxy) is 1. The summed E-state index contributed by atoms with van der Waals surface area (Å²) in [7, 11) is 0. The molecular formula is C29H31N3O4. The molecule has 0 saturated heterocycles. The SMILES string of the molecule is CCCCc1nc2cc(NC(=O)CCC)ccc2n1Cc1ccc(-c2ccccc2OC(=O)O)cc1. The summed E-state index contributed by atoms with van der Waals surface area (Å²) in [6.45, 7) is 4.81. The maximum Gasteiger partial charge on any atom is 0.511 e. The lowest BCUT2D eigenvalue weighted by atomic mass is 10.0. The van der Waals surface area contributed by atoms with Crippen molar-refractivity contribution in [2.45, 2.75) is 52.5 Å². The second-order valence-electron chi connectivity index (χ2n) is 8.78. The van der Waals surface area contributed by atoms with Crippen LogP contribution in [0.4, 0.5) is 10.5 Å². The molecule has 0 saturated carbocycles. The number of nitrogens with one attached hydrogen (secondary N) is 1. The van der Waals surface area contributed by atoms with E-state index in [9.17, 15) is 9.59 Å².